The van der Waals surface area contributed by atoms with Crippen LogP contribution in [0, 0.1) is 5.92 Å². The Morgan fingerprint density at radius 2 is 1.38 bits per heavy atom. The van der Waals surface area contributed by atoms with Crippen molar-refractivity contribution in [2.75, 3.05) is 13.1 Å². The van der Waals surface area contributed by atoms with Gasteiger partial charge in [0.1, 0.15) is 23.9 Å². The predicted octanol–water partition coefficient (Wildman–Crippen LogP) is 0.105. The van der Waals surface area contributed by atoms with Gasteiger partial charge in [-0.2, -0.15) is 0 Å². The largest absolute Gasteiger partial charge is 0.508 e. The van der Waals surface area contributed by atoms with Crippen LogP contribution in [0.4, 0.5) is 0 Å². The first-order valence-electron chi connectivity index (χ1n) is 13.6. The number of hydrogen-bond donors (Lipinski definition) is 8. The third-order valence-corrected chi connectivity index (χ3v) is 6.67. The maximum absolute atomic E-state index is 13.3. The summed E-state index contributed by atoms with van der Waals surface area (Å²) >= 11 is 0. The number of amides is 3. The molecule has 0 radical (unpaired) electrons. The van der Waals surface area contributed by atoms with Gasteiger partial charge in [-0.3, -0.25) is 14.4 Å². The second-order valence-electron chi connectivity index (χ2n) is 9.88. The number of carboxylic acid groups (broad SMARTS) is 1. The highest BCUT2D eigenvalue weighted by atomic mass is 16.4. The number of benzene rings is 1. The number of aromatic hydroxyl groups is 1. The Morgan fingerprint density at radius 3 is 1.92 bits per heavy atom. The van der Waals surface area contributed by atoms with Gasteiger partial charge in [-0.1, -0.05) is 38.8 Å². The molecule has 0 heterocycles. The minimum Gasteiger partial charge on any atom is -0.508 e. The van der Waals surface area contributed by atoms with E-state index in [1.165, 1.54) is 12.1 Å². The molecule has 0 fully saturated rings. The second-order valence-corrected chi connectivity index (χ2v) is 9.88. The number of unbranched alkanes of at least 4 members (excludes halogenated alkanes) is 2. The molecule has 0 spiro atoms. The standard InChI is InChI=1S/C27H46N6O6/c1-3-17(2)23(33-24(35)20(30)8-4-6-14-28)26(37)31-21(9-5-7-15-29)25(36)32-22(27(38)39)16-18-10-12-19(34)13-11-18/h10-13,17,20-23,34H,3-9,14-16,28-30H2,1-2H3,(H,31,37)(H,32,36)(H,33,35)(H,38,39). The number of carbonyl (C=O) groups excluding carboxylic acids is 3. The smallest absolute Gasteiger partial charge is 0.326 e. The molecule has 3 amide bonds. The van der Waals surface area contributed by atoms with Crippen molar-refractivity contribution < 1.29 is 29.4 Å². The molecule has 12 heteroatoms. The van der Waals surface area contributed by atoms with E-state index in [1.54, 1.807) is 12.1 Å². The molecule has 39 heavy (non-hydrogen) atoms. The quantitative estimate of drug-likeness (QED) is 0.109. The molecule has 11 N–H and O–H groups in total. The number of nitrogens with two attached hydrogens (primary N) is 3. The fraction of sp³-hybridized carbons (Fsp3) is 0.630. The van der Waals surface area contributed by atoms with Crippen LogP contribution >= 0.6 is 0 Å². The summed E-state index contributed by atoms with van der Waals surface area (Å²) in [4.78, 5) is 51.1. The molecule has 1 rings (SSSR count). The molecule has 1 aromatic rings. The Kier molecular flexibility index (Phi) is 15.7. The molecule has 0 bridgehead atoms. The van der Waals surface area contributed by atoms with Crippen molar-refractivity contribution in [1.29, 1.82) is 0 Å². The first-order valence-corrected chi connectivity index (χ1v) is 13.6. The fourth-order valence-corrected chi connectivity index (χ4v) is 3.97. The van der Waals surface area contributed by atoms with Crippen molar-refractivity contribution in [3.05, 3.63) is 29.8 Å². The van der Waals surface area contributed by atoms with Crippen LogP contribution in [0.3, 0.4) is 0 Å². The van der Waals surface area contributed by atoms with Gasteiger partial charge in [-0.15, -0.1) is 0 Å². The van der Waals surface area contributed by atoms with Crippen LogP contribution in [-0.4, -0.2) is 71.2 Å². The summed E-state index contributed by atoms with van der Waals surface area (Å²) in [7, 11) is 0. The summed E-state index contributed by atoms with van der Waals surface area (Å²) in [5, 5.41) is 27.1. The molecule has 0 aromatic heterocycles. The lowest BCUT2D eigenvalue weighted by Gasteiger charge is -2.28. The van der Waals surface area contributed by atoms with Crippen LogP contribution in [0.5, 0.6) is 5.75 Å². The number of phenols is 1. The zero-order valence-corrected chi connectivity index (χ0v) is 23.0. The van der Waals surface area contributed by atoms with Crippen LogP contribution in [0.2, 0.25) is 0 Å². The van der Waals surface area contributed by atoms with Crippen LogP contribution in [0.25, 0.3) is 0 Å². The van der Waals surface area contributed by atoms with E-state index in [-0.39, 0.29) is 24.5 Å². The Bertz CT molecular complexity index is 913. The molecule has 5 unspecified atom stereocenters. The van der Waals surface area contributed by atoms with Gasteiger partial charge < -0.3 is 43.4 Å². The number of nitrogens with one attached hydrogen (secondary N) is 3. The third kappa shape index (κ3) is 12.5. The minimum atomic E-state index is -1.26. The number of rotatable bonds is 19. The van der Waals surface area contributed by atoms with Crippen molar-refractivity contribution in [1.82, 2.24) is 16.0 Å². The van der Waals surface area contributed by atoms with E-state index < -0.39 is 47.9 Å². The first-order chi connectivity index (χ1) is 18.5. The summed E-state index contributed by atoms with van der Waals surface area (Å²) in [5.41, 5.74) is 17.7. The van der Waals surface area contributed by atoms with Crippen molar-refractivity contribution >= 4 is 23.7 Å². The van der Waals surface area contributed by atoms with Crippen molar-refractivity contribution in [3.8, 4) is 5.75 Å². The van der Waals surface area contributed by atoms with E-state index in [9.17, 15) is 29.4 Å². The predicted molar refractivity (Wildman–Crippen MR) is 148 cm³/mol. The average molecular weight is 551 g/mol. The SMILES string of the molecule is CCC(C)C(NC(=O)C(N)CCCCN)C(=O)NC(CCCCN)C(=O)NC(Cc1ccc(O)cc1)C(=O)O. The molecule has 1 aromatic carbocycles. The number of hydrogen-bond acceptors (Lipinski definition) is 8. The Balaban J connectivity index is 3.01. The van der Waals surface area contributed by atoms with Crippen molar-refractivity contribution in [2.45, 2.75) is 89.4 Å². The van der Waals surface area contributed by atoms with E-state index in [1.807, 2.05) is 13.8 Å². The van der Waals surface area contributed by atoms with Crippen molar-refractivity contribution in [2.24, 2.45) is 23.1 Å². The Labute approximate surface area is 230 Å². The zero-order valence-electron chi connectivity index (χ0n) is 23.0. The van der Waals surface area contributed by atoms with Gasteiger partial charge in [-0.05, 0) is 68.8 Å². The lowest BCUT2D eigenvalue weighted by molar-refractivity contribution is -0.142. The summed E-state index contributed by atoms with van der Waals surface area (Å²) in [6.45, 7) is 4.59. The summed E-state index contributed by atoms with van der Waals surface area (Å²) in [6, 6.07) is 1.98. The van der Waals surface area contributed by atoms with Crippen molar-refractivity contribution in [3.63, 3.8) is 0 Å². The van der Waals surface area contributed by atoms with Crippen LogP contribution in [0.15, 0.2) is 24.3 Å². The Hall–Kier alpha value is -3.22. The number of aliphatic carboxylic acids is 1. The monoisotopic (exact) mass is 550 g/mol. The van der Waals surface area contributed by atoms with Gasteiger partial charge in [-0.25, -0.2) is 4.79 Å². The van der Waals surface area contributed by atoms with Crippen LogP contribution in [-0.2, 0) is 25.6 Å². The molecule has 220 valence electrons. The van der Waals surface area contributed by atoms with Crippen LogP contribution < -0.4 is 33.2 Å². The molecule has 5 atom stereocenters. The summed E-state index contributed by atoms with van der Waals surface area (Å²) in [5.74, 6) is -3.12. The van der Waals surface area contributed by atoms with Gasteiger partial charge in [0.25, 0.3) is 0 Å². The number of carbonyl (C=O) groups is 4. The topological polar surface area (TPSA) is 223 Å². The molecular weight excluding hydrogens is 504 g/mol. The molecule has 0 aliphatic heterocycles. The number of phenolic OH excluding ortho intramolecular Hbond substituents is 1. The summed E-state index contributed by atoms with van der Waals surface area (Å²) in [6.07, 6.45) is 3.79. The molecule has 0 aliphatic carbocycles. The van der Waals surface area contributed by atoms with E-state index >= 15 is 0 Å². The van der Waals surface area contributed by atoms with E-state index in [0.29, 0.717) is 50.8 Å². The van der Waals surface area contributed by atoms with E-state index in [4.69, 9.17) is 17.2 Å². The molecule has 0 saturated carbocycles. The van der Waals surface area contributed by atoms with E-state index in [2.05, 4.69) is 16.0 Å². The van der Waals surface area contributed by atoms with Gasteiger partial charge in [0.2, 0.25) is 17.7 Å². The lowest BCUT2D eigenvalue weighted by Crippen LogP contribution is -2.58. The third-order valence-electron chi connectivity index (χ3n) is 6.67. The average Bonchev–Trinajstić information content (AvgIpc) is 2.91. The zero-order chi connectivity index (χ0) is 29.4. The number of carboxylic acids is 1. The maximum atomic E-state index is 13.3. The molecular formula is C27H46N6O6. The highest BCUT2D eigenvalue weighted by Crippen LogP contribution is 2.13. The van der Waals surface area contributed by atoms with Gasteiger partial charge in [0.15, 0.2) is 0 Å². The Morgan fingerprint density at radius 1 is 0.821 bits per heavy atom. The van der Waals surface area contributed by atoms with Gasteiger partial charge in [0, 0.05) is 6.42 Å². The highest BCUT2D eigenvalue weighted by Gasteiger charge is 2.32. The normalized spacial score (nSPS) is 14.9. The van der Waals surface area contributed by atoms with Crippen LogP contribution in [0.1, 0.15) is 64.4 Å². The second kappa shape index (κ2) is 18.1. The minimum absolute atomic E-state index is 0.0155. The van der Waals surface area contributed by atoms with Gasteiger partial charge in [0.05, 0.1) is 6.04 Å². The fourth-order valence-electron chi connectivity index (χ4n) is 3.97. The summed E-state index contributed by atoms with van der Waals surface area (Å²) < 4.78 is 0. The highest BCUT2D eigenvalue weighted by molar-refractivity contribution is 5.94. The maximum Gasteiger partial charge on any atom is 0.326 e. The molecule has 12 nitrogen and oxygen atoms in total. The van der Waals surface area contributed by atoms with E-state index in [0.717, 1.165) is 6.42 Å². The molecule has 0 saturated heterocycles. The first kappa shape index (κ1) is 33.8. The lowest BCUT2D eigenvalue weighted by atomic mass is 9.96. The van der Waals surface area contributed by atoms with Gasteiger partial charge >= 0.3 is 5.97 Å². The molecule has 0 aliphatic rings.